The van der Waals surface area contributed by atoms with Gasteiger partial charge in [-0.15, -0.1) is 0 Å². The van der Waals surface area contributed by atoms with Gasteiger partial charge in [0, 0.05) is 44.4 Å². The van der Waals surface area contributed by atoms with Gasteiger partial charge in [-0.05, 0) is 44.0 Å². The zero-order chi connectivity index (χ0) is 18.4. The highest BCUT2D eigenvalue weighted by molar-refractivity contribution is 5.76. The first-order valence-corrected chi connectivity index (χ1v) is 9.18. The Morgan fingerprint density at radius 1 is 1.27 bits per heavy atom. The monoisotopic (exact) mass is 357 g/mol. The molecular formula is C20H27N3O3. The number of hydrogen-bond acceptors (Lipinski definition) is 4. The minimum absolute atomic E-state index is 0.215. The standard InChI is InChI=1S/C20H27N3O3/c1-16-21-10-13-22(16)12-9-20(24)23-11-3-4-17(14-23)15-26-19-7-5-18(25-2)6-8-19/h5-8,10,13,17H,3-4,9,11-12,14-15H2,1-2H3/t17-/m1/s1. The number of ether oxygens (including phenoxy) is 2. The number of carbonyl (C=O) groups is 1. The molecule has 0 saturated carbocycles. The Balaban J connectivity index is 1.45. The predicted octanol–water partition coefficient (Wildman–Crippen LogP) is 2.91. The average molecular weight is 357 g/mol. The number of aromatic nitrogens is 2. The zero-order valence-electron chi connectivity index (χ0n) is 15.6. The van der Waals surface area contributed by atoms with Crippen LogP contribution >= 0.6 is 0 Å². The lowest BCUT2D eigenvalue weighted by Gasteiger charge is -2.32. The third kappa shape index (κ3) is 4.77. The van der Waals surface area contributed by atoms with Crippen LogP contribution in [-0.4, -0.2) is 47.2 Å². The zero-order valence-corrected chi connectivity index (χ0v) is 15.6. The van der Waals surface area contributed by atoms with Crippen molar-refractivity contribution in [2.24, 2.45) is 5.92 Å². The van der Waals surface area contributed by atoms with Crippen LogP contribution < -0.4 is 9.47 Å². The van der Waals surface area contributed by atoms with Crippen molar-refractivity contribution >= 4 is 5.91 Å². The van der Waals surface area contributed by atoms with Crippen LogP contribution in [0.5, 0.6) is 11.5 Å². The van der Waals surface area contributed by atoms with E-state index in [2.05, 4.69) is 4.98 Å². The molecule has 1 fully saturated rings. The minimum Gasteiger partial charge on any atom is -0.497 e. The van der Waals surface area contributed by atoms with Crippen LogP contribution in [0.2, 0.25) is 0 Å². The number of nitrogens with zero attached hydrogens (tertiary/aromatic N) is 3. The number of hydrogen-bond donors (Lipinski definition) is 0. The van der Waals surface area contributed by atoms with Gasteiger partial charge in [-0.25, -0.2) is 4.98 Å². The van der Waals surface area contributed by atoms with Crippen molar-refractivity contribution in [1.82, 2.24) is 14.5 Å². The van der Waals surface area contributed by atoms with Crippen LogP contribution in [0.1, 0.15) is 25.1 Å². The summed E-state index contributed by atoms with van der Waals surface area (Å²) in [5, 5.41) is 0. The summed E-state index contributed by atoms with van der Waals surface area (Å²) in [4.78, 5) is 18.7. The molecule has 0 radical (unpaired) electrons. The summed E-state index contributed by atoms with van der Waals surface area (Å²) in [7, 11) is 1.65. The second-order valence-electron chi connectivity index (χ2n) is 6.75. The molecule has 1 saturated heterocycles. The van der Waals surface area contributed by atoms with Crippen molar-refractivity contribution < 1.29 is 14.3 Å². The lowest BCUT2D eigenvalue weighted by Crippen LogP contribution is -2.41. The van der Waals surface area contributed by atoms with E-state index in [1.807, 2.05) is 46.9 Å². The molecule has 0 unspecified atom stereocenters. The quantitative estimate of drug-likeness (QED) is 0.765. The molecule has 6 heteroatoms. The summed E-state index contributed by atoms with van der Waals surface area (Å²) in [5.74, 6) is 3.20. The molecule has 2 heterocycles. The fourth-order valence-electron chi connectivity index (χ4n) is 3.33. The summed E-state index contributed by atoms with van der Waals surface area (Å²) in [5.41, 5.74) is 0. The van der Waals surface area contributed by atoms with Crippen LogP contribution in [-0.2, 0) is 11.3 Å². The summed E-state index contributed by atoms with van der Waals surface area (Å²) in [6.07, 6.45) is 6.34. The molecule has 1 aliphatic rings. The fourth-order valence-corrected chi connectivity index (χ4v) is 3.33. The molecule has 1 aromatic heterocycles. The van der Waals surface area contributed by atoms with Gasteiger partial charge in [0.05, 0.1) is 13.7 Å². The van der Waals surface area contributed by atoms with Crippen LogP contribution in [0, 0.1) is 12.8 Å². The van der Waals surface area contributed by atoms with Gasteiger partial charge < -0.3 is 18.9 Å². The van der Waals surface area contributed by atoms with E-state index in [9.17, 15) is 4.79 Å². The van der Waals surface area contributed by atoms with E-state index in [4.69, 9.17) is 9.47 Å². The SMILES string of the molecule is COc1ccc(OC[C@@H]2CCCN(C(=O)CCn3ccnc3C)C2)cc1. The highest BCUT2D eigenvalue weighted by atomic mass is 16.5. The first-order chi connectivity index (χ1) is 12.7. The Morgan fingerprint density at radius 2 is 2.04 bits per heavy atom. The summed E-state index contributed by atoms with van der Waals surface area (Å²) >= 11 is 0. The Morgan fingerprint density at radius 3 is 2.73 bits per heavy atom. The van der Waals surface area contributed by atoms with Crippen LogP contribution in [0.15, 0.2) is 36.7 Å². The van der Waals surface area contributed by atoms with Gasteiger partial charge in [-0.1, -0.05) is 0 Å². The van der Waals surface area contributed by atoms with E-state index in [-0.39, 0.29) is 5.91 Å². The minimum atomic E-state index is 0.215. The van der Waals surface area contributed by atoms with Gasteiger partial charge in [0.15, 0.2) is 0 Å². The smallest absolute Gasteiger partial charge is 0.224 e. The summed E-state index contributed by atoms with van der Waals surface area (Å²) < 4.78 is 13.1. The van der Waals surface area contributed by atoms with Gasteiger partial charge in [0.1, 0.15) is 17.3 Å². The Hall–Kier alpha value is -2.50. The number of benzene rings is 1. The number of likely N-dealkylation sites (tertiary alicyclic amines) is 1. The van der Waals surface area contributed by atoms with Crippen molar-refractivity contribution in [2.75, 3.05) is 26.8 Å². The molecule has 1 atom stereocenters. The molecule has 6 nitrogen and oxygen atoms in total. The van der Waals surface area contributed by atoms with Gasteiger partial charge in [0.2, 0.25) is 5.91 Å². The Labute approximate surface area is 154 Å². The molecule has 0 N–H and O–H groups in total. The Bertz CT molecular complexity index is 711. The molecular weight excluding hydrogens is 330 g/mol. The van der Waals surface area contributed by atoms with E-state index >= 15 is 0 Å². The number of methoxy groups -OCH3 is 1. The van der Waals surface area contributed by atoms with Crippen molar-refractivity contribution in [1.29, 1.82) is 0 Å². The van der Waals surface area contributed by atoms with E-state index in [0.717, 1.165) is 43.3 Å². The first-order valence-electron chi connectivity index (χ1n) is 9.18. The van der Waals surface area contributed by atoms with Gasteiger partial charge in [-0.3, -0.25) is 4.79 Å². The van der Waals surface area contributed by atoms with Crippen LogP contribution in [0.25, 0.3) is 0 Å². The highest BCUT2D eigenvalue weighted by Crippen LogP contribution is 2.21. The average Bonchev–Trinajstić information content (AvgIpc) is 3.10. The normalized spacial score (nSPS) is 17.2. The third-order valence-corrected chi connectivity index (χ3v) is 4.91. The maximum absolute atomic E-state index is 12.5. The molecule has 1 aliphatic heterocycles. The Kier molecular flexibility index (Phi) is 6.15. The molecule has 0 bridgehead atoms. The molecule has 140 valence electrons. The van der Waals surface area contributed by atoms with E-state index < -0.39 is 0 Å². The van der Waals surface area contributed by atoms with Gasteiger partial charge >= 0.3 is 0 Å². The largest absolute Gasteiger partial charge is 0.497 e. The molecule has 1 aromatic carbocycles. The molecule has 2 aromatic rings. The van der Waals surface area contributed by atoms with E-state index in [1.54, 1.807) is 13.3 Å². The highest BCUT2D eigenvalue weighted by Gasteiger charge is 2.24. The predicted molar refractivity (Wildman–Crippen MR) is 99.4 cm³/mol. The van der Waals surface area contributed by atoms with Gasteiger partial charge in [-0.2, -0.15) is 0 Å². The fraction of sp³-hybridized carbons (Fsp3) is 0.500. The van der Waals surface area contributed by atoms with Crippen molar-refractivity contribution in [3.05, 3.63) is 42.5 Å². The van der Waals surface area contributed by atoms with Crippen LogP contribution in [0.4, 0.5) is 0 Å². The second-order valence-corrected chi connectivity index (χ2v) is 6.75. The number of aryl methyl sites for hydroxylation is 2. The topological polar surface area (TPSA) is 56.6 Å². The lowest BCUT2D eigenvalue weighted by atomic mass is 9.98. The first kappa shape index (κ1) is 18.3. The van der Waals surface area contributed by atoms with Crippen LogP contribution in [0.3, 0.4) is 0 Å². The van der Waals surface area contributed by atoms with E-state index in [1.165, 1.54) is 0 Å². The maximum atomic E-state index is 12.5. The molecule has 26 heavy (non-hydrogen) atoms. The number of imidazole rings is 1. The van der Waals surface area contributed by atoms with Crippen molar-refractivity contribution in [3.8, 4) is 11.5 Å². The second kappa shape index (κ2) is 8.74. The third-order valence-electron chi connectivity index (χ3n) is 4.91. The number of rotatable bonds is 7. The van der Waals surface area contributed by atoms with Crippen molar-refractivity contribution in [2.45, 2.75) is 32.7 Å². The number of carbonyl (C=O) groups excluding carboxylic acids is 1. The molecule has 0 aliphatic carbocycles. The van der Waals surface area contributed by atoms with Gasteiger partial charge in [0.25, 0.3) is 0 Å². The van der Waals surface area contributed by atoms with E-state index in [0.29, 0.717) is 25.5 Å². The molecule has 0 spiro atoms. The number of piperidine rings is 1. The summed E-state index contributed by atoms with van der Waals surface area (Å²) in [6, 6.07) is 7.62. The summed E-state index contributed by atoms with van der Waals surface area (Å²) in [6.45, 7) is 4.90. The number of amides is 1. The molecule has 1 amide bonds. The van der Waals surface area contributed by atoms with Crippen molar-refractivity contribution in [3.63, 3.8) is 0 Å². The molecule has 3 rings (SSSR count). The lowest BCUT2D eigenvalue weighted by molar-refractivity contribution is -0.133. The maximum Gasteiger partial charge on any atom is 0.224 e.